The van der Waals surface area contributed by atoms with Gasteiger partial charge in [0.1, 0.15) is 5.56 Å². The van der Waals surface area contributed by atoms with E-state index in [1.165, 1.54) is 16.7 Å². The van der Waals surface area contributed by atoms with E-state index >= 15 is 0 Å². The van der Waals surface area contributed by atoms with Crippen molar-refractivity contribution in [3.8, 4) is 17.2 Å². The molecule has 1 aromatic heterocycles. The zero-order valence-corrected chi connectivity index (χ0v) is 15.0. The number of nitrogens with zero attached hydrogens (tertiary/aromatic N) is 1. The van der Waals surface area contributed by atoms with Gasteiger partial charge >= 0.3 is 5.97 Å². The molecule has 4 rings (SSSR count). The zero-order chi connectivity index (χ0) is 21.7. The first-order chi connectivity index (χ1) is 14.2. The highest BCUT2D eigenvalue weighted by atomic mass is 19.2. The molecule has 0 atom stereocenters. The van der Waals surface area contributed by atoms with Gasteiger partial charge in [0.25, 0.3) is 0 Å². The minimum atomic E-state index is -2.40. The Morgan fingerprint density at radius 3 is 2.17 bits per heavy atom. The van der Waals surface area contributed by atoms with E-state index < -0.39 is 51.8 Å². The maximum absolute atomic E-state index is 13.8. The summed E-state index contributed by atoms with van der Waals surface area (Å²) in [5.41, 5.74) is -1.19. The summed E-state index contributed by atoms with van der Waals surface area (Å²) < 4.78 is 83.8. The van der Waals surface area contributed by atoms with Crippen LogP contribution in [0.4, 0.5) is 22.0 Å². The summed E-state index contributed by atoms with van der Waals surface area (Å²) in [5, 5.41) is 0.00737. The minimum Gasteiger partial charge on any atom is -0.454 e. The van der Waals surface area contributed by atoms with Gasteiger partial charge in [-0.1, -0.05) is 0 Å². The number of carbonyl (C=O) groups excluding carboxylic acids is 1. The van der Waals surface area contributed by atoms with Crippen molar-refractivity contribution < 1.29 is 41.0 Å². The van der Waals surface area contributed by atoms with Crippen molar-refractivity contribution in [1.29, 1.82) is 0 Å². The number of hydrogen-bond donors (Lipinski definition) is 0. The summed E-state index contributed by atoms with van der Waals surface area (Å²) >= 11 is 0. The maximum atomic E-state index is 13.8. The molecule has 0 amide bonds. The second-order valence-corrected chi connectivity index (χ2v) is 6.17. The van der Waals surface area contributed by atoms with E-state index in [1.807, 2.05) is 0 Å². The second-order valence-electron chi connectivity index (χ2n) is 6.17. The molecule has 30 heavy (non-hydrogen) atoms. The number of rotatable bonds is 3. The SMILES string of the molecule is CCn1cc(C(=O)Oc2c(F)c(F)c(F)c(F)c2F)c(=O)c2cc3c(cc21)OCO3. The summed E-state index contributed by atoms with van der Waals surface area (Å²) in [5.74, 6) is -14.4. The Kier molecular flexibility index (Phi) is 4.60. The third kappa shape index (κ3) is 2.85. The molecular formula is C19H10F5NO5. The number of aromatic nitrogens is 1. The van der Waals surface area contributed by atoms with E-state index in [4.69, 9.17) is 9.47 Å². The number of hydrogen-bond acceptors (Lipinski definition) is 5. The van der Waals surface area contributed by atoms with Gasteiger partial charge in [-0.05, 0) is 13.0 Å². The van der Waals surface area contributed by atoms with Crippen LogP contribution in [0.2, 0.25) is 0 Å². The molecule has 1 aliphatic heterocycles. The van der Waals surface area contributed by atoms with Crippen LogP contribution < -0.4 is 19.6 Å². The number of halogens is 5. The number of ether oxygens (including phenoxy) is 3. The van der Waals surface area contributed by atoms with Gasteiger partial charge in [-0.2, -0.15) is 8.78 Å². The highest BCUT2D eigenvalue weighted by Gasteiger charge is 2.30. The first kappa shape index (κ1) is 19.7. The van der Waals surface area contributed by atoms with Gasteiger partial charge in [-0.25, -0.2) is 18.0 Å². The lowest BCUT2D eigenvalue weighted by atomic mass is 10.1. The van der Waals surface area contributed by atoms with E-state index in [2.05, 4.69) is 4.74 Å². The molecule has 2 aromatic carbocycles. The average molecular weight is 427 g/mol. The lowest BCUT2D eigenvalue weighted by Gasteiger charge is -2.13. The average Bonchev–Trinajstić information content (AvgIpc) is 3.20. The van der Waals surface area contributed by atoms with Crippen LogP contribution in [0.25, 0.3) is 10.9 Å². The highest BCUT2D eigenvalue weighted by Crippen LogP contribution is 2.35. The van der Waals surface area contributed by atoms with Gasteiger partial charge in [0.05, 0.1) is 10.9 Å². The lowest BCUT2D eigenvalue weighted by Crippen LogP contribution is -2.23. The molecule has 6 nitrogen and oxygen atoms in total. The monoisotopic (exact) mass is 427 g/mol. The van der Waals surface area contributed by atoms with E-state index in [0.29, 0.717) is 11.3 Å². The van der Waals surface area contributed by atoms with Crippen molar-refractivity contribution in [2.75, 3.05) is 6.79 Å². The Morgan fingerprint density at radius 2 is 1.57 bits per heavy atom. The Labute approximate surface area is 164 Å². The van der Waals surface area contributed by atoms with E-state index in [-0.39, 0.29) is 24.5 Å². The van der Waals surface area contributed by atoms with Gasteiger partial charge in [0, 0.05) is 18.8 Å². The molecule has 11 heteroatoms. The van der Waals surface area contributed by atoms with Crippen LogP contribution in [0.15, 0.2) is 23.1 Å². The van der Waals surface area contributed by atoms with Crippen LogP contribution in [-0.4, -0.2) is 17.3 Å². The molecule has 0 aliphatic carbocycles. The summed E-state index contributed by atoms with van der Waals surface area (Å²) in [4.78, 5) is 25.2. The van der Waals surface area contributed by atoms with Crippen molar-refractivity contribution in [3.05, 3.63) is 63.2 Å². The molecule has 0 bridgehead atoms. The van der Waals surface area contributed by atoms with Crippen molar-refractivity contribution in [2.45, 2.75) is 13.5 Å². The molecule has 0 unspecified atom stereocenters. The Balaban J connectivity index is 1.85. The number of pyridine rings is 1. The quantitative estimate of drug-likeness (QED) is 0.210. The predicted molar refractivity (Wildman–Crippen MR) is 91.2 cm³/mol. The predicted octanol–water partition coefficient (Wildman–Crippen LogP) is 3.66. The molecule has 1 aliphatic rings. The first-order valence-corrected chi connectivity index (χ1v) is 8.45. The largest absolute Gasteiger partial charge is 0.454 e. The standard InChI is InChI=1S/C19H10F5NO5/c1-2-25-5-8(17(26)7-3-10-11(4-9(7)25)29-6-28-10)19(27)30-18-15(23)13(21)12(20)14(22)16(18)24/h3-5H,2,6H2,1H3. The number of esters is 1. The molecule has 2 heterocycles. The molecular weight excluding hydrogens is 417 g/mol. The van der Waals surface area contributed by atoms with Crippen LogP contribution in [0.1, 0.15) is 17.3 Å². The second kappa shape index (κ2) is 7.01. The maximum Gasteiger partial charge on any atom is 0.349 e. The van der Waals surface area contributed by atoms with Crippen molar-refractivity contribution in [3.63, 3.8) is 0 Å². The third-order valence-electron chi connectivity index (χ3n) is 4.50. The van der Waals surface area contributed by atoms with Crippen LogP contribution in [-0.2, 0) is 6.54 Å². The normalized spacial score (nSPS) is 12.5. The molecule has 0 radical (unpaired) electrons. The molecule has 0 spiro atoms. The lowest BCUT2D eigenvalue weighted by molar-refractivity contribution is 0.0714. The fourth-order valence-corrected chi connectivity index (χ4v) is 3.01. The smallest absolute Gasteiger partial charge is 0.349 e. The van der Waals surface area contributed by atoms with Crippen molar-refractivity contribution >= 4 is 16.9 Å². The molecule has 156 valence electrons. The molecule has 0 saturated heterocycles. The number of carbonyl (C=O) groups is 1. The Hall–Kier alpha value is -3.63. The zero-order valence-electron chi connectivity index (χ0n) is 15.0. The third-order valence-corrected chi connectivity index (χ3v) is 4.50. The van der Waals surface area contributed by atoms with Gasteiger partial charge in [0.15, 0.2) is 11.5 Å². The Morgan fingerprint density at radius 1 is 1.00 bits per heavy atom. The van der Waals surface area contributed by atoms with E-state index in [0.717, 1.165) is 6.20 Å². The summed E-state index contributed by atoms with van der Waals surface area (Å²) in [6, 6.07) is 2.84. The molecule has 0 N–H and O–H groups in total. The van der Waals surface area contributed by atoms with E-state index in [9.17, 15) is 31.5 Å². The van der Waals surface area contributed by atoms with Crippen LogP contribution in [0.5, 0.6) is 17.2 Å². The van der Waals surface area contributed by atoms with Gasteiger partial charge < -0.3 is 18.8 Å². The number of fused-ring (bicyclic) bond motifs is 2. The fourth-order valence-electron chi connectivity index (χ4n) is 3.01. The van der Waals surface area contributed by atoms with Crippen LogP contribution >= 0.6 is 0 Å². The number of benzene rings is 2. The van der Waals surface area contributed by atoms with Crippen LogP contribution in [0.3, 0.4) is 0 Å². The summed E-state index contributed by atoms with van der Waals surface area (Å²) in [7, 11) is 0. The van der Waals surface area contributed by atoms with Crippen molar-refractivity contribution in [2.24, 2.45) is 0 Å². The fraction of sp³-hybridized carbons (Fsp3) is 0.158. The van der Waals surface area contributed by atoms with Gasteiger partial charge in [0.2, 0.25) is 47.1 Å². The summed E-state index contributed by atoms with van der Waals surface area (Å²) in [6.45, 7) is 1.88. The molecule has 3 aromatic rings. The Bertz CT molecular complexity index is 1260. The van der Waals surface area contributed by atoms with E-state index in [1.54, 1.807) is 6.92 Å². The van der Waals surface area contributed by atoms with Gasteiger partial charge in [-0.3, -0.25) is 4.79 Å². The minimum absolute atomic E-state index is 0.00737. The molecule has 0 saturated carbocycles. The number of aryl methyl sites for hydroxylation is 1. The van der Waals surface area contributed by atoms with Crippen LogP contribution in [0, 0.1) is 29.1 Å². The molecule has 0 fully saturated rings. The summed E-state index contributed by atoms with van der Waals surface area (Å²) in [6.07, 6.45) is 1.06. The van der Waals surface area contributed by atoms with Gasteiger partial charge in [-0.15, -0.1) is 0 Å². The topological polar surface area (TPSA) is 66.8 Å². The highest BCUT2D eigenvalue weighted by molar-refractivity contribution is 5.95. The first-order valence-electron chi connectivity index (χ1n) is 8.45. The van der Waals surface area contributed by atoms with Crippen molar-refractivity contribution in [1.82, 2.24) is 4.57 Å².